The lowest BCUT2D eigenvalue weighted by Gasteiger charge is -2.44. The molecule has 0 fully saturated rings. The highest BCUT2D eigenvalue weighted by Crippen LogP contribution is 2.39. The largest absolute Gasteiger partial charge is 0.331 e. The number of rotatable bonds is 0. The molecule has 1 aliphatic rings. The van der Waals surface area contributed by atoms with Gasteiger partial charge in [-0.25, -0.2) is 9.59 Å². The number of urea groups is 2. The summed E-state index contributed by atoms with van der Waals surface area (Å²) in [7, 11) is 6.19. The number of para-hydroxylation sites is 1. The highest BCUT2D eigenvalue weighted by molar-refractivity contribution is 5.96. The van der Waals surface area contributed by atoms with Gasteiger partial charge in [-0.2, -0.15) is 10.5 Å². The monoisotopic (exact) mass is 326 g/mol. The number of carbonyl (C=O) groups excluding carboxylic acids is 2. The van der Waals surface area contributed by atoms with E-state index >= 15 is 0 Å². The second kappa shape index (κ2) is 6.47. The third-order valence-electron chi connectivity index (χ3n) is 3.71. The molecule has 0 N–H and O–H groups in total. The SMILES string of the molecule is CN(C)C(=O)N1c2ccccc2C(C#N)N(C(=O)N(C)C)C1C#N. The second-order valence-electron chi connectivity index (χ2n) is 5.72. The van der Waals surface area contributed by atoms with E-state index < -0.39 is 24.3 Å². The van der Waals surface area contributed by atoms with E-state index in [1.165, 1.54) is 28.8 Å². The maximum Gasteiger partial charge on any atom is 0.326 e. The molecule has 0 spiro atoms. The number of hydrogen-bond donors (Lipinski definition) is 0. The zero-order chi connectivity index (χ0) is 18.0. The zero-order valence-corrected chi connectivity index (χ0v) is 14.0. The van der Waals surface area contributed by atoms with Gasteiger partial charge < -0.3 is 9.80 Å². The Morgan fingerprint density at radius 1 is 1.00 bits per heavy atom. The first-order valence-electron chi connectivity index (χ1n) is 7.23. The quantitative estimate of drug-likeness (QED) is 0.723. The van der Waals surface area contributed by atoms with Crippen molar-refractivity contribution in [3.8, 4) is 12.1 Å². The van der Waals surface area contributed by atoms with Gasteiger partial charge in [0.25, 0.3) is 0 Å². The molecule has 124 valence electrons. The molecular formula is C16H18N6O2. The maximum absolute atomic E-state index is 12.6. The van der Waals surface area contributed by atoms with Crippen LogP contribution in [0.2, 0.25) is 0 Å². The highest BCUT2D eigenvalue weighted by Gasteiger charge is 2.45. The molecule has 2 atom stereocenters. The molecule has 4 amide bonds. The fourth-order valence-electron chi connectivity index (χ4n) is 2.61. The molecule has 2 unspecified atom stereocenters. The number of benzene rings is 1. The molecule has 1 aromatic carbocycles. The molecule has 0 bridgehead atoms. The summed E-state index contributed by atoms with van der Waals surface area (Å²) in [5, 5.41) is 19.2. The van der Waals surface area contributed by atoms with Crippen LogP contribution in [0.3, 0.4) is 0 Å². The Balaban J connectivity index is 2.72. The molecule has 8 heteroatoms. The van der Waals surface area contributed by atoms with Crippen LogP contribution in [0, 0.1) is 22.7 Å². The van der Waals surface area contributed by atoms with E-state index in [1.807, 2.05) is 6.07 Å². The van der Waals surface area contributed by atoms with Gasteiger partial charge in [-0.3, -0.25) is 9.80 Å². The number of fused-ring (bicyclic) bond motifs is 1. The van der Waals surface area contributed by atoms with Crippen molar-refractivity contribution in [2.45, 2.75) is 12.2 Å². The van der Waals surface area contributed by atoms with Crippen molar-refractivity contribution in [1.29, 1.82) is 10.5 Å². The second-order valence-corrected chi connectivity index (χ2v) is 5.72. The maximum atomic E-state index is 12.6. The van der Waals surface area contributed by atoms with Gasteiger partial charge in [0.2, 0.25) is 6.17 Å². The normalized spacial score (nSPS) is 18.9. The average molecular weight is 326 g/mol. The molecule has 0 saturated heterocycles. The van der Waals surface area contributed by atoms with Crippen LogP contribution in [0.1, 0.15) is 11.6 Å². The summed E-state index contributed by atoms with van der Waals surface area (Å²) in [6, 6.07) is 8.96. The first-order valence-corrected chi connectivity index (χ1v) is 7.23. The van der Waals surface area contributed by atoms with E-state index in [2.05, 4.69) is 6.07 Å². The van der Waals surface area contributed by atoms with Crippen LogP contribution in [0.4, 0.5) is 15.3 Å². The number of hydrogen-bond acceptors (Lipinski definition) is 4. The molecule has 2 rings (SSSR count). The van der Waals surface area contributed by atoms with Crippen molar-refractivity contribution < 1.29 is 9.59 Å². The molecule has 1 aliphatic heterocycles. The molecule has 0 aliphatic carbocycles. The van der Waals surface area contributed by atoms with Crippen molar-refractivity contribution in [2.24, 2.45) is 0 Å². The number of carbonyl (C=O) groups is 2. The standard InChI is InChI=1S/C16H18N6O2/c1-19(2)15(23)21-12-8-6-5-7-11(12)13(9-17)22(14(21)10-18)16(24)20(3)4/h5-8,13-14H,1-4H3. The Kier molecular flexibility index (Phi) is 4.61. The molecule has 8 nitrogen and oxygen atoms in total. The van der Waals surface area contributed by atoms with Crippen molar-refractivity contribution in [3.05, 3.63) is 29.8 Å². The zero-order valence-electron chi connectivity index (χ0n) is 14.0. The van der Waals surface area contributed by atoms with Gasteiger partial charge >= 0.3 is 12.1 Å². The van der Waals surface area contributed by atoms with E-state index in [-0.39, 0.29) is 0 Å². The molecule has 0 saturated carbocycles. The Labute approximate surface area is 140 Å². The summed E-state index contributed by atoms with van der Waals surface area (Å²) in [4.78, 5) is 30.2. The lowest BCUT2D eigenvalue weighted by Crippen LogP contribution is -2.60. The van der Waals surface area contributed by atoms with Crippen LogP contribution < -0.4 is 4.90 Å². The van der Waals surface area contributed by atoms with Gasteiger partial charge in [-0.15, -0.1) is 0 Å². The molecule has 1 heterocycles. The van der Waals surface area contributed by atoms with E-state index in [0.29, 0.717) is 11.3 Å². The first-order chi connectivity index (χ1) is 11.3. The minimum absolute atomic E-state index is 0.443. The Hall–Kier alpha value is -3.26. The predicted molar refractivity (Wildman–Crippen MR) is 86.7 cm³/mol. The van der Waals surface area contributed by atoms with Crippen molar-refractivity contribution in [1.82, 2.24) is 14.7 Å². The van der Waals surface area contributed by atoms with Crippen molar-refractivity contribution in [2.75, 3.05) is 33.1 Å². The van der Waals surface area contributed by atoms with Crippen LogP contribution in [-0.4, -0.2) is 61.1 Å². The van der Waals surface area contributed by atoms with Crippen LogP contribution in [0.15, 0.2) is 24.3 Å². The van der Waals surface area contributed by atoms with Gasteiger partial charge in [0, 0.05) is 33.8 Å². The number of anilines is 1. The van der Waals surface area contributed by atoms with Crippen LogP contribution in [0.25, 0.3) is 0 Å². The van der Waals surface area contributed by atoms with Gasteiger partial charge in [0.15, 0.2) is 6.04 Å². The number of nitriles is 2. The van der Waals surface area contributed by atoms with Crippen molar-refractivity contribution >= 4 is 17.7 Å². The Morgan fingerprint density at radius 3 is 2.08 bits per heavy atom. The lowest BCUT2D eigenvalue weighted by molar-refractivity contribution is 0.141. The average Bonchev–Trinajstić information content (AvgIpc) is 2.57. The molecule has 0 radical (unpaired) electrons. The molecule has 1 aromatic rings. The van der Waals surface area contributed by atoms with E-state index in [0.717, 1.165) is 4.90 Å². The summed E-state index contributed by atoms with van der Waals surface area (Å²) < 4.78 is 0. The summed E-state index contributed by atoms with van der Waals surface area (Å²) in [5.74, 6) is 0. The minimum atomic E-state index is -1.21. The Morgan fingerprint density at radius 2 is 1.58 bits per heavy atom. The van der Waals surface area contributed by atoms with Crippen LogP contribution in [-0.2, 0) is 0 Å². The third-order valence-corrected chi connectivity index (χ3v) is 3.71. The summed E-state index contributed by atoms with van der Waals surface area (Å²) >= 11 is 0. The molecule has 0 aromatic heterocycles. The third kappa shape index (κ3) is 2.59. The summed E-state index contributed by atoms with van der Waals surface area (Å²) in [5.41, 5.74) is 0.967. The smallest absolute Gasteiger partial charge is 0.326 e. The Bertz CT molecular complexity index is 746. The van der Waals surface area contributed by atoms with Crippen LogP contribution in [0.5, 0.6) is 0 Å². The number of amides is 4. The van der Waals surface area contributed by atoms with Gasteiger partial charge in [0.1, 0.15) is 6.07 Å². The van der Waals surface area contributed by atoms with Crippen LogP contribution >= 0.6 is 0 Å². The fraction of sp³-hybridized carbons (Fsp3) is 0.375. The number of nitrogens with zero attached hydrogens (tertiary/aromatic N) is 6. The first kappa shape index (κ1) is 17.1. The van der Waals surface area contributed by atoms with Crippen molar-refractivity contribution in [3.63, 3.8) is 0 Å². The summed E-state index contributed by atoms with van der Waals surface area (Å²) in [6.45, 7) is 0. The van der Waals surface area contributed by atoms with Gasteiger partial charge in [-0.05, 0) is 6.07 Å². The van der Waals surface area contributed by atoms with Gasteiger partial charge in [-0.1, -0.05) is 18.2 Å². The topological polar surface area (TPSA) is 94.7 Å². The van der Waals surface area contributed by atoms with E-state index in [4.69, 9.17) is 0 Å². The molecule has 24 heavy (non-hydrogen) atoms. The van der Waals surface area contributed by atoms with E-state index in [1.54, 1.807) is 38.4 Å². The van der Waals surface area contributed by atoms with E-state index in [9.17, 15) is 20.1 Å². The minimum Gasteiger partial charge on any atom is -0.331 e. The van der Waals surface area contributed by atoms with Gasteiger partial charge in [0.05, 0.1) is 11.8 Å². The summed E-state index contributed by atoms with van der Waals surface area (Å²) in [6.07, 6.45) is -1.21. The lowest BCUT2D eigenvalue weighted by atomic mass is 9.99. The fourth-order valence-corrected chi connectivity index (χ4v) is 2.61. The highest BCUT2D eigenvalue weighted by atomic mass is 16.2. The molecular weight excluding hydrogens is 308 g/mol. The predicted octanol–water partition coefficient (Wildman–Crippen LogP) is 1.59.